The quantitative estimate of drug-likeness (QED) is 0.417. The zero-order valence-corrected chi connectivity index (χ0v) is 20.7. The lowest BCUT2D eigenvalue weighted by Crippen LogP contribution is -2.52. The molecule has 176 valence electrons. The summed E-state index contributed by atoms with van der Waals surface area (Å²) in [6.07, 6.45) is 1.12. The first-order valence-corrected chi connectivity index (χ1v) is 13.4. The number of rotatable bonds is 11. The van der Waals surface area contributed by atoms with Gasteiger partial charge >= 0.3 is 0 Å². The molecule has 3 aromatic rings. The Bertz CT molecular complexity index is 1170. The average molecular weight is 488 g/mol. The van der Waals surface area contributed by atoms with E-state index < -0.39 is 27.8 Å². The number of carbonyl (C=O) groups excluding carboxylic acids is 2. The van der Waals surface area contributed by atoms with Gasteiger partial charge < -0.3 is 5.32 Å². The molecular formula is C24H29N3O4S2. The Balaban J connectivity index is 1.75. The van der Waals surface area contributed by atoms with E-state index in [9.17, 15) is 18.0 Å². The van der Waals surface area contributed by atoms with Crippen LogP contribution in [-0.4, -0.2) is 61.9 Å². The zero-order chi connectivity index (χ0) is 24.0. The van der Waals surface area contributed by atoms with Gasteiger partial charge in [-0.15, -0.1) is 11.3 Å². The maximum absolute atomic E-state index is 13.2. The van der Waals surface area contributed by atoms with Crippen molar-refractivity contribution >= 4 is 43.1 Å². The molecule has 1 amide bonds. The van der Waals surface area contributed by atoms with Crippen molar-refractivity contribution in [3.05, 3.63) is 65.2 Å². The van der Waals surface area contributed by atoms with Crippen molar-refractivity contribution in [2.24, 2.45) is 0 Å². The number of benzene rings is 2. The summed E-state index contributed by atoms with van der Waals surface area (Å²) in [7, 11) is -0.241. The normalized spacial score (nSPS) is 13.7. The maximum Gasteiger partial charge on any atom is 0.238 e. The largest absolute Gasteiger partial charge is 0.344 e. The van der Waals surface area contributed by atoms with Crippen LogP contribution in [0.15, 0.2) is 54.6 Å². The van der Waals surface area contributed by atoms with Crippen molar-refractivity contribution in [1.82, 2.24) is 15.2 Å². The van der Waals surface area contributed by atoms with E-state index in [1.165, 1.54) is 11.3 Å². The highest BCUT2D eigenvalue weighted by Gasteiger charge is 2.31. The minimum atomic E-state index is -3.56. The molecule has 0 aliphatic rings. The first-order chi connectivity index (χ1) is 15.7. The predicted molar refractivity (Wildman–Crippen MR) is 132 cm³/mol. The lowest BCUT2D eigenvalue weighted by molar-refractivity contribution is -0.125. The molecule has 9 heteroatoms. The third-order valence-electron chi connectivity index (χ3n) is 5.28. The van der Waals surface area contributed by atoms with Crippen LogP contribution in [0.2, 0.25) is 0 Å². The molecule has 0 radical (unpaired) electrons. The fourth-order valence-electron chi connectivity index (χ4n) is 3.54. The Labute approximate surface area is 198 Å². The molecule has 1 heterocycles. The van der Waals surface area contributed by atoms with Crippen LogP contribution < -0.4 is 5.32 Å². The van der Waals surface area contributed by atoms with E-state index in [1.807, 2.05) is 37.3 Å². The summed E-state index contributed by atoms with van der Waals surface area (Å²) in [5, 5.41) is 3.14. The monoisotopic (exact) mass is 487 g/mol. The number of Topliss-reactive ketones (excluding diaryl/α,β-unsaturated/α-hetero) is 1. The molecule has 1 N–H and O–H groups in total. The van der Waals surface area contributed by atoms with Crippen LogP contribution in [0, 0.1) is 0 Å². The van der Waals surface area contributed by atoms with Crippen LogP contribution in [0.3, 0.4) is 0 Å². The van der Waals surface area contributed by atoms with Crippen molar-refractivity contribution in [3.63, 3.8) is 0 Å². The molecule has 1 unspecified atom stereocenters. The SMILES string of the molecule is CCCC(NC(=O)[C@H](CS(=O)(=O)Cc1ccccc1)N(C)C)C(=O)c1nc2ccccc2s1. The summed E-state index contributed by atoms with van der Waals surface area (Å²) in [5.41, 5.74) is 1.41. The lowest BCUT2D eigenvalue weighted by atomic mass is 10.1. The van der Waals surface area contributed by atoms with Gasteiger partial charge in [0.25, 0.3) is 0 Å². The third-order valence-corrected chi connectivity index (χ3v) is 7.93. The van der Waals surface area contributed by atoms with Gasteiger partial charge in [-0.05, 0) is 38.2 Å². The summed E-state index contributed by atoms with van der Waals surface area (Å²) < 4.78 is 26.5. The van der Waals surface area contributed by atoms with Crippen molar-refractivity contribution in [3.8, 4) is 0 Å². The van der Waals surface area contributed by atoms with Crippen molar-refractivity contribution < 1.29 is 18.0 Å². The third kappa shape index (κ3) is 6.69. The van der Waals surface area contributed by atoms with Crippen molar-refractivity contribution in [1.29, 1.82) is 0 Å². The molecule has 0 saturated heterocycles. The number of hydrogen-bond donors (Lipinski definition) is 1. The molecule has 0 aliphatic carbocycles. The zero-order valence-electron chi connectivity index (χ0n) is 19.0. The number of sulfone groups is 1. The van der Waals surface area contributed by atoms with Gasteiger partial charge in [0.05, 0.1) is 27.8 Å². The van der Waals surface area contributed by atoms with Gasteiger partial charge in [-0.2, -0.15) is 0 Å². The lowest BCUT2D eigenvalue weighted by Gasteiger charge is -2.26. The number of aromatic nitrogens is 1. The number of likely N-dealkylation sites (N-methyl/N-ethyl adjacent to an activating group) is 1. The smallest absolute Gasteiger partial charge is 0.238 e. The Morgan fingerprint density at radius 1 is 1.06 bits per heavy atom. The number of nitrogens with one attached hydrogen (secondary N) is 1. The number of carbonyl (C=O) groups is 2. The minimum Gasteiger partial charge on any atom is -0.344 e. The first kappa shape index (κ1) is 25.0. The topological polar surface area (TPSA) is 96.4 Å². The van der Waals surface area contributed by atoms with Gasteiger partial charge in [0.2, 0.25) is 11.7 Å². The molecule has 0 aliphatic heterocycles. The Hall–Kier alpha value is -2.62. The molecular weight excluding hydrogens is 458 g/mol. The molecule has 0 fully saturated rings. The number of nitrogens with zero attached hydrogens (tertiary/aromatic N) is 2. The minimum absolute atomic E-state index is 0.144. The molecule has 2 aromatic carbocycles. The fraction of sp³-hybridized carbons (Fsp3) is 0.375. The van der Waals surface area contributed by atoms with Crippen LogP contribution in [0.5, 0.6) is 0 Å². The second-order valence-electron chi connectivity index (χ2n) is 8.22. The molecule has 2 atom stereocenters. The van der Waals surface area contributed by atoms with Crippen molar-refractivity contribution in [2.45, 2.75) is 37.6 Å². The number of para-hydroxylation sites is 1. The highest BCUT2D eigenvalue weighted by molar-refractivity contribution is 7.90. The van der Waals surface area contributed by atoms with E-state index in [0.717, 1.165) is 10.2 Å². The standard InChI is InChI=1S/C24H29N3O4S2/c1-4-10-19(22(28)24-26-18-13-8-9-14-21(18)32-24)25-23(29)20(27(2)3)16-33(30,31)15-17-11-6-5-7-12-17/h5-9,11-14,19-20H,4,10,15-16H2,1-3H3,(H,25,29)/t19?,20-/m0/s1. The highest BCUT2D eigenvalue weighted by atomic mass is 32.2. The van der Waals surface area contributed by atoms with E-state index >= 15 is 0 Å². The van der Waals surface area contributed by atoms with Crippen LogP contribution in [0.4, 0.5) is 0 Å². The van der Waals surface area contributed by atoms with Crippen molar-refractivity contribution in [2.75, 3.05) is 19.8 Å². The van der Waals surface area contributed by atoms with Crippen LogP contribution in [0.25, 0.3) is 10.2 Å². The Morgan fingerprint density at radius 3 is 2.36 bits per heavy atom. The molecule has 3 rings (SSSR count). The van der Waals surface area contributed by atoms with E-state index in [0.29, 0.717) is 23.4 Å². The fourth-order valence-corrected chi connectivity index (χ4v) is 6.25. The highest BCUT2D eigenvalue weighted by Crippen LogP contribution is 2.23. The summed E-state index contributed by atoms with van der Waals surface area (Å²) in [6, 6.07) is 14.7. The Kier molecular flexibility index (Phi) is 8.34. The first-order valence-electron chi connectivity index (χ1n) is 10.8. The van der Waals surface area contributed by atoms with Gasteiger partial charge in [0.15, 0.2) is 14.8 Å². The molecule has 33 heavy (non-hydrogen) atoms. The summed E-state index contributed by atoms with van der Waals surface area (Å²) in [4.78, 5) is 32.3. The molecule has 0 bridgehead atoms. The molecule has 0 saturated carbocycles. The van der Waals surface area contributed by atoms with E-state index in [4.69, 9.17) is 0 Å². The number of amides is 1. The molecule has 0 spiro atoms. The summed E-state index contributed by atoms with van der Waals surface area (Å²) >= 11 is 1.29. The van der Waals surface area contributed by atoms with Gasteiger partial charge in [-0.1, -0.05) is 55.8 Å². The van der Waals surface area contributed by atoms with Gasteiger partial charge in [0, 0.05) is 0 Å². The van der Waals surface area contributed by atoms with Gasteiger partial charge in [-0.3, -0.25) is 14.5 Å². The second-order valence-corrected chi connectivity index (χ2v) is 11.4. The van der Waals surface area contributed by atoms with E-state index in [2.05, 4.69) is 10.3 Å². The average Bonchev–Trinajstić information content (AvgIpc) is 3.21. The van der Waals surface area contributed by atoms with Gasteiger partial charge in [0.1, 0.15) is 6.04 Å². The maximum atomic E-state index is 13.2. The van der Waals surface area contributed by atoms with Crippen LogP contribution in [0.1, 0.15) is 35.1 Å². The summed E-state index contributed by atoms with van der Waals surface area (Å²) in [5.74, 6) is -1.22. The molecule has 1 aromatic heterocycles. The number of thiazole rings is 1. The molecule has 7 nitrogen and oxygen atoms in total. The number of hydrogen-bond acceptors (Lipinski definition) is 7. The van der Waals surface area contributed by atoms with Gasteiger partial charge in [-0.25, -0.2) is 13.4 Å². The number of fused-ring (bicyclic) bond motifs is 1. The van der Waals surface area contributed by atoms with E-state index in [-0.39, 0.29) is 17.3 Å². The number of ketones is 1. The summed E-state index contributed by atoms with van der Waals surface area (Å²) in [6.45, 7) is 1.93. The van der Waals surface area contributed by atoms with Crippen LogP contribution >= 0.6 is 11.3 Å². The second kappa shape index (κ2) is 11.0. The Morgan fingerprint density at radius 2 is 1.73 bits per heavy atom. The van der Waals surface area contributed by atoms with E-state index in [1.54, 1.807) is 43.3 Å². The predicted octanol–water partition coefficient (Wildman–Crippen LogP) is 3.31. The van der Waals surface area contributed by atoms with Crippen LogP contribution in [-0.2, 0) is 20.4 Å².